The molecule has 0 aliphatic carbocycles. The lowest BCUT2D eigenvalue weighted by atomic mass is 10.1. The van der Waals surface area contributed by atoms with Crippen LogP contribution in [0, 0.1) is 13.8 Å². The van der Waals surface area contributed by atoms with Gasteiger partial charge in [0.15, 0.2) is 0 Å². The first-order valence-corrected chi connectivity index (χ1v) is 8.29. The highest BCUT2D eigenvalue weighted by Gasteiger charge is 2.47. The van der Waals surface area contributed by atoms with Crippen molar-refractivity contribution in [1.29, 1.82) is 0 Å². The molecule has 6 nitrogen and oxygen atoms in total. The Bertz CT molecular complexity index is 843. The summed E-state index contributed by atoms with van der Waals surface area (Å²) in [6, 6.07) is 13.0. The van der Waals surface area contributed by atoms with Crippen molar-refractivity contribution in [3.8, 4) is 0 Å². The molecule has 134 valence electrons. The molecule has 1 aliphatic heterocycles. The van der Waals surface area contributed by atoms with E-state index in [1.807, 2.05) is 38.1 Å². The number of amides is 3. The fourth-order valence-electron chi connectivity index (χ4n) is 2.94. The average Bonchev–Trinajstić information content (AvgIpc) is 2.87. The fourth-order valence-corrected chi connectivity index (χ4v) is 2.94. The molecule has 2 aromatic rings. The number of carbonyl (C=O) groups excluding carboxylic acids is 3. The van der Waals surface area contributed by atoms with Gasteiger partial charge in [0, 0.05) is 5.69 Å². The van der Waals surface area contributed by atoms with Crippen LogP contribution in [0.3, 0.4) is 0 Å². The minimum absolute atomic E-state index is 0.197. The van der Waals surface area contributed by atoms with E-state index in [9.17, 15) is 14.4 Å². The Morgan fingerprint density at radius 1 is 0.923 bits per heavy atom. The second-order valence-electron chi connectivity index (χ2n) is 6.29. The second kappa shape index (κ2) is 7.00. The number of hydrogen-bond donors (Lipinski definition) is 0. The number of esters is 1. The number of urea groups is 1. The Kier molecular flexibility index (Phi) is 4.75. The van der Waals surface area contributed by atoms with Crippen LogP contribution in [0.4, 0.5) is 16.2 Å². The molecule has 0 aromatic heterocycles. The minimum Gasteiger partial charge on any atom is -0.469 e. The summed E-state index contributed by atoms with van der Waals surface area (Å²) in [5, 5.41) is 0. The van der Waals surface area contributed by atoms with Gasteiger partial charge in [0.05, 0.1) is 19.2 Å². The molecule has 0 saturated carbocycles. The molecule has 1 unspecified atom stereocenters. The Morgan fingerprint density at radius 3 is 1.92 bits per heavy atom. The van der Waals surface area contributed by atoms with Crippen LogP contribution < -0.4 is 9.80 Å². The number of aryl methyl sites for hydroxylation is 2. The molecule has 1 heterocycles. The maximum absolute atomic E-state index is 13.0. The summed E-state index contributed by atoms with van der Waals surface area (Å²) >= 11 is 0. The van der Waals surface area contributed by atoms with Crippen molar-refractivity contribution in [3.05, 3.63) is 59.7 Å². The molecule has 1 saturated heterocycles. The quantitative estimate of drug-likeness (QED) is 0.626. The summed E-state index contributed by atoms with van der Waals surface area (Å²) in [6.45, 7) is 3.86. The summed E-state index contributed by atoms with van der Waals surface area (Å²) in [5.74, 6) is -0.983. The van der Waals surface area contributed by atoms with Gasteiger partial charge in [0.2, 0.25) is 0 Å². The summed E-state index contributed by atoms with van der Waals surface area (Å²) in [7, 11) is 1.26. The van der Waals surface area contributed by atoms with Crippen molar-refractivity contribution in [3.63, 3.8) is 0 Å². The molecule has 6 heteroatoms. The third-order valence-electron chi connectivity index (χ3n) is 4.41. The van der Waals surface area contributed by atoms with E-state index in [-0.39, 0.29) is 6.42 Å². The van der Waals surface area contributed by atoms with Gasteiger partial charge >= 0.3 is 12.0 Å². The highest BCUT2D eigenvalue weighted by Crippen LogP contribution is 2.31. The zero-order valence-corrected chi connectivity index (χ0v) is 14.9. The first-order chi connectivity index (χ1) is 12.4. The molecule has 0 N–H and O–H groups in total. The lowest BCUT2D eigenvalue weighted by molar-refractivity contribution is -0.142. The largest absolute Gasteiger partial charge is 0.469 e. The van der Waals surface area contributed by atoms with E-state index < -0.39 is 23.9 Å². The first kappa shape index (κ1) is 17.7. The molecular formula is C20H20N2O4. The highest BCUT2D eigenvalue weighted by molar-refractivity contribution is 6.29. The van der Waals surface area contributed by atoms with Gasteiger partial charge < -0.3 is 4.74 Å². The molecule has 1 atom stereocenters. The van der Waals surface area contributed by atoms with Crippen LogP contribution in [-0.4, -0.2) is 31.1 Å². The number of hydrogen-bond acceptors (Lipinski definition) is 4. The van der Waals surface area contributed by atoms with Gasteiger partial charge in [0.1, 0.15) is 6.04 Å². The van der Waals surface area contributed by atoms with Crippen LogP contribution >= 0.6 is 0 Å². The van der Waals surface area contributed by atoms with Crippen molar-refractivity contribution in [1.82, 2.24) is 0 Å². The van der Waals surface area contributed by atoms with E-state index in [4.69, 9.17) is 4.74 Å². The van der Waals surface area contributed by atoms with E-state index >= 15 is 0 Å². The molecule has 26 heavy (non-hydrogen) atoms. The molecular weight excluding hydrogens is 332 g/mol. The van der Waals surface area contributed by atoms with Crippen LogP contribution in [0.2, 0.25) is 0 Å². The number of nitrogens with zero attached hydrogens (tertiary/aromatic N) is 2. The minimum atomic E-state index is -0.932. The Balaban J connectivity index is 2.03. The van der Waals surface area contributed by atoms with E-state index in [0.717, 1.165) is 16.0 Å². The zero-order valence-electron chi connectivity index (χ0n) is 14.9. The summed E-state index contributed by atoms with van der Waals surface area (Å²) in [5.41, 5.74) is 3.11. The summed E-state index contributed by atoms with van der Waals surface area (Å²) in [4.78, 5) is 40.3. The van der Waals surface area contributed by atoms with Crippen LogP contribution in [-0.2, 0) is 14.3 Å². The number of benzene rings is 2. The third-order valence-corrected chi connectivity index (χ3v) is 4.41. The molecule has 2 aromatic carbocycles. The van der Waals surface area contributed by atoms with Gasteiger partial charge in [-0.3, -0.25) is 14.5 Å². The highest BCUT2D eigenvalue weighted by atomic mass is 16.5. The predicted molar refractivity (Wildman–Crippen MR) is 98.1 cm³/mol. The van der Waals surface area contributed by atoms with Crippen molar-refractivity contribution in [2.45, 2.75) is 26.3 Å². The number of rotatable bonds is 4. The summed E-state index contributed by atoms with van der Waals surface area (Å²) in [6.07, 6.45) is -0.197. The molecule has 0 bridgehead atoms. The van der Waals surface area contributed by atoms with Crippen molar-refractivity contribution < 1.29 is 19.1 Å². The maximum atomic E-state index is 13.0. The molecule has 3 amide bonds. The van der Waals surface area contributed by atoms with Crippen molar-refractivity contribution >= 4 is 29.3 Å². The monoisotopic (exact) mass is 352 g/mol. The van der Waals surface area contributed by atoms with Gasteiger partial charge in [0.25, 0.3) is 5.91 Å². The second-order valence-corrected chi connectivity index (χ2v) is 6.29. The SMILES string of the molecule is COC(=O)CC1C(=O)N(c2ccc(C)cc2)C(=O)N1c1ccc(C)cc1. The standard InChI is InChI=1S/C20H20N2O4/c1-13-4-8-15(9-5-13)21-17(12-18(23)26-3)19(24)22(20(21)25)16-10-6-14(2)7-11-16/h4-11,17H,12H2,1-3H3. The molecule has 0 radical (unpaired) electrons. The number of carbonyl (C=O) groups is 3. The lowest BCUT2D eigenvalue weighted by Gasteiger charge is -2.21. The normalized spacial score (nSPS) is 17.0. The Labute approximate surface area is 152 Å². The van der Waals surface area contributed by atoms with Gasteiger partial charge in [-0.15, -0.1) is 0 Å². The maximum Gasteiger partial charge on any atom is 0.336 e. The van der Waals surface area contributed by atoms with Crippen molar-refractivity contribution in [2.75, 3.05) is 16.9 Å². The van der Waals surface area contributed by atoms with E-state index in [1.54, 1.807) is 24.3 Å². The molecule has 1 fully saturated rings. The van der Waals surface area contributed by atoms with Crippen LogP contribution in [0.25, 0.3) is 0 Å². The first-order valence-electron chi connectivity index (χ1n) is 8.29. The number of imide groups is 1. The predicted octanol–water partition coefficient (Wildman–Crippen LogP) is 3.21. The van der Waals surface area contributed by atoms with Gasteiger partial charge in [-0.05, 0) is 38.1 Å². The topological polar surface area (TPSA) is 66.9 Å². The number of anilines is 2. The number of ether oxygens (including phenoxy) is 1. The van der Waals surface area contributed by atoms with Crippen molar-refractivity contribution in [2.24, 2.45) is 0 Å². The van der Waals surface area contributed by atoms with Crippen LogP contribution in [0.15, 0.2) is 48.5 Å². The number of methoxy groups -OCH3 is 1. The lowest BCUT2D eigenvalue weighted by Crippen LogP contribution is -2.37. The Hall–Kier alpha value is -3.15. The molecule has 1 aliphatic rings. The van der Waals surface area contributed by atoms with Gasteiger partial charge in [-0.25, -0.2) is 9.69 Å². The molecule has 0 spiro atoms. The average molecular weight is 352 g/mol. The molecule has 3 rings (SSSR count). The van der Waals surface area contributed by atoms with Gasteiger partial charge in [-0.1, -0.05) is 35.4 Å². The Morgan fingerprint density at radius 2 is 1.42 bits per heavy atom. The van der Waals surface area contributed by atoms with Crippen LogP contribution in [0.5, 0.6) is 0 Å². The summed E-state index contributed by atoms with van der Waals surface area (Å²) < 4.78 is 4.71. The van der Waals surface area contributed by atoms with E-state index in [1.165, 1.54) is 12.0 Å². The fraction of sp³-hybridized carbons (Fsp3) is 0.250. The van der Waals surface area contributed by atoms with E-state index in [0.29, 0.717) is 11.4 Å². The van der Waals surface area contributed by atoms with Crippen LogP contribution in [0.1, 0.15) is 17.5 Å². The smallest absolute Gasteiger partial charge is 0.336 e. The third kappa shape index (κ3) is 3.18. The van der Waals surface area contributed by atoms with Gasteiger partial charge in [-0.2, -0.15) is 0 Å². The van der Waals surface area contributed by atoms with E-state index in [2.05, 4.69) is 0 Å². The zero-order chi connectivity index (χ0) is 18.8.